The summed E-state index contributed by atoms with van der Waals surface area (Å²) in [5.74, 6) is 0.475. The molecule has 1 aliphatic heterocycles. The third kappa shape index (κ3) is 3.71. The number of halogens is 1. The number of rotatable bonds is 4. The number of benzene rings is 3. The monoisotopic (exact) mass is 396 g/mol. The normalized spacial score (nSPS) is 16.0. The lowest BCUT2D eigenvalue weighted by Crippen LogP contribution is -2.37. The number of aryl methyl sites for hydroxylation is 2. The molecule has 3 aromatic carbocycles. The molecule has 2 unspecified atom stereocenters. The van der Waals surface area contributed by atoms with Gasteiger partial charge in [-0.25, -0.2) is 0 Å². The second-order valence-corrected chi connectivity index (χ2v) is 7.24. The largest absolute Gasteiger partial charge is 0.492 e. The highest BCUT2D eigenvalue weighted by atomic mass is 35.5. The van der Waals surface area contributed by atoms with E-state index in [1.807, 2.05) is 24.3 Å². The molecule has 146 valence electrons. The first-order valence-electron chi connectivity index (χ1n) is 9.30. The maximum Gasteiger partial charge on any atom is 0.231 e. The van der Waals surface area contributed by atoms with Crippen LogP contribution in [0.2, 0.25) is 0 Å². The number of fused-ring (bicyclic) bond motifs is 2. The zero-order valence-corrected chi connectivity index (χ0v) is 16.9. The van der Waals surface area contributed by atoms with Crippen LogP contribution in [0.15, 0.2) is 54.6 Å². The van der Waals surface area contributed by atoms with Crippen LogP contribution in [0.3, 0.4) is 0 Å². The maximum absolute atomic E-state index is 13.0. The van der Waals surface area contributed by atoms with Crippen molar-refractivity contribution in [3.63, 3.8) is 0 Å². The molecule has 2 atom stereocenters. The Morgan fingerprint density at radius 1 is 1.11 bits per heavy atom. The van der Waals surface area contributed by atoms with E-state index in [0.29, 0.717) is 13.2 Å². The van der Waals surface area contributed by atoms with Crippen molar-refractivity contribution in [3.8, 4) is 5.75 Å². The highest BCUT2D eigenvalue weighted by Crippen LogP contribution is 2.36. The molecule has 28 heavy (non-hydrogen) atoms. The van der Waals surface area contributed by atoms with Crippen molar-refractivity contribution in [2.24, 2.45) is 5.73 Å². The van der Waals surface area contributed by atoms with Gasteiger partial charge in [0.05, 0.1) is 6.04 Å². The van der Waals surface area contributed by atoms with Crippen molar-refractivity contribution >= 4 is 29.1 Å². The molecule has 0 bridgehead atoms. The van der Waals surface area contributed by atoms with E-state index in [9.17, 15) is 4.79 Å². The van der Waals surface area contributed by atoms with Gasteiger partial charge < -0.3 is 15.8 Å². The van der Waals surface area contributed by atoms with E-state index in [1.54, 1.807) is 0 Å². The molecule has 4 rings (SSSR count). The summed E-state index contributed by atoms with van der Waals surface area (Å²) >= 11 is 0. The van der Waals surface area contributed by atoms with E-state index >= 15 is 0 Å². The van der Waals surface area contributed by atoms with Gasteiger partial charge in [-0.15, -0.1) is 12.4 Å². The molecule has 3 aromatic rings. The highest BCUT2D eigenvalue weighted by molar-refractivity contribution is 5.87. The van der Waals surface area contributed by atoms with Crippen LogP contribution in [-0.2, 0) is 4.79 Å². The second kappa shape index (κ2) is 8.21. The molecular formula is C23H25ClN2O2. The number of hydrogen-bond donors (Lipinski definition) is 2. The molecule has 0 aromatic heterocycles. The molecule has 5 heteroatoms. The molecular weight excluding hydrogens is 372 g/mol. The van der Waals surface area contributed by atoms with Crippen LogP contribution < -0.4 is 15.8 Å². The number of carbonyl (C=O) groups is 1. The van der Waals surface area contributed by atoms with Gasteiger partial charge in [0.2, 0.25) is 5.91 Å². The predicted octanol–water partition coefficient (Wildman–Crippen LogP) is 4.17. The fourth-order valence-corrected chi connectivity index (χ4v) is 3.66. The number of nitrogens with two attached hydrogens (primary N) is 1. The third-order valence-corrected chi connectivity index (χ3v) is 5.45. The molecule has 0 fully saturated rings. The molecule has 0 saturated heterocycles. The van der Waals surface area contributed by atoms with Gasteiger partial charge in [0, 0.05) is 12.1 Å². The minimum atomic E-state index is -0.297. The molecule has 0 spiro atoms. The van der Waals surface area contributed by atoms with E-state index in [2.05, 4.69) is 49.5 Å². The molecule has 0 radical (unpaired) electrons. The Hall–Kier alpha value is -2.56. The van der Waals surface area contributed by atoms with Crippen molar-refractivity contribution < 1.29 is 9.53 Å². The minimum Gasteiger partial charge on any atom is -0.492 e. The average Bonchev–Trinajstić information content (AvgIpc) is 3.08. The van der Waals surface area contributed by atoms with E-state index < -0.39 is 0 Å². The smallest absolute Gasteiger partial charge is 0.231 e. The molecule has 4 nitrogen and oxygen atoms in total. The van der Waals surface area contributed by atoms with Crippen molar-refractivity contribution in [2.75, 3.05) is 13.2 Å². The SMILES string of the molecule is Cc1cc2c(cc1C)C(C(=O)NC(CN)c1ccc3ccccc3c1)CO2.Cl. The first-order valence-corrected chi connectivity index (χ1v) is 9.30. The lowest BCUT2D eigenvalue weighted by atomic mass is 9.95. The topological polar surface area (TPSA) is 64.4 Å². The summed E-state index contributed by atoms with van der Waals surface area (Å²) in [6.07, 6.45) is 0. The van der Waals surface area contributed by atoms with Gasteiger partial charge in [-0.3, -0.25) is 4.79 Å². The van der Waals surface area contributed by atoms with Crippen LogP contribution in [0, 0.1) is 13.8 Å². The van der Waals surface area contributed by atoms with Gasteiger partial charge >= 0.3 is 0 Å². The summed E-state index contributed by atoms with van der Waals surface area (Å²) in [5.41, 5.74) is 10.3. The molecule has 1 heterocycles. The average molecular weight is 397 g/mol. The summed E-state index contributed by atoms with van der Waals surface area (Å²) in [6, 6.07) is 18.2. The van der Waals surface area contributed by atoms with Gasteiger partial charge in [0.15, 0.2) is 0 Å². The summed E-state index contributed by atoms with van der Waals surface area (Å²) in [7, 11) is 0. The van der Waals surface area contributed by atoms with Crippen LogP contribution in [0.25, 0.3) is 10.8 Å². The number of hydrogen-bond acceptors (Lipinski definition) is 3. The lowest BCUT2D eigenvalue weighted by molar-refractivity contribution is -0.123. The fraction of sp³-hybridized carbons (Fsp3) is 0.261. The quantitative estimate of drug-likeness (QED) is 0.695. The summed E-state index contributed by atoms with van der Waals surface area (Å²) in [6.45, 7) is 4.83. The van der Waals surface area contributed by atoms with Gasteiger partial charge in [0.25, 0.3) is 0 Å². The predicted molar refractivity (Wildman–Crippen MR) is 115 cm³/mol. The van der Waals surface area contributed by atoms with Crippen LogP contribution in [-0.4, -0.2) is 19.1 Å². The Morgan fingerprint density at radius 3 is 2.57 bits per heavy atom. The maximum atomic E-state index is 13.0. The van der Waals surface area contributed by atoms with Crippen molar-refractivity contribution in [3.05, 3.63) is 76.9 Å². The van der Waals surface area contributed by atoms with Crippen LogP contribution in [0.4, 0.5) is 0 Å². The molecule has 0 aliphatic carbocycles. The zero-order valence-electron chi connectivity index (χ0n) is 16.1. The molecule has 1 amide bonds. The Kier molecular flexibility index (Phi) is 5.92. The standard InChI is InChI=1S/C23H24N2O2.ClH/c1-14-9-19-20(13-27-22(19)10-15(14)2)23(26)25-21(12-24)18-8-7-16-5-3-4-6-17(16)11-18;/h3-11,20-21H,12-13,24H2,1-2H3,(H,25,26);1H. The van der Waals surface area contributed by atoms with Crippen LogP contribution in [0.1, 0.15) is 34.2 Å². The van der Waals surface area contributed by atoms with Crippen molar-refractivity contribution in [1.29, 1.82) is 0 Å². The third-order valence-electron chi connectivity index (χ3n) is 5.45. The van der Waals surface area contributed by atoms with Gasteiger partial charge in [-0.05, 0) is 53.4 Å². The Balaban J connectivity index is 0.00000225. The summed E-state index contributed by atoms with van der Waals surface area (Å²) in [4.78, 5) is 13.0. The molecule has 0 saturated carbocycles. The highest BCUT2D eigenvalue weighted by Gasteiger charge is 2.32. The fourth-order valence-electron chi connectivity index (χ4n) is 3.66. The van der Waals surface area contributed by atoms with Crippen LogP contribution >= 0.6 is 12.4 Å². The van der Waals surface area contributed by atoms with Crippen LogP contribution in [0.5, 0.6) is 5.75 Å². The van der Waals surface area contributed by atoms with Gasteiger partial charge in [-0.1, -0.05) is 42.5 Å². The first kappa shape index (κ1) is 20.2. The zero-order chi connectivity index (χ0) is 19.0. The Labute approximate surface area is 171 Å². The summed E-state index contributed by atoms with van der Waals surface area (Å²) in [5, 5.41) is 5.44. The second-order valence-electron chi connectivity index (χ2n) is 7.24. The van der Waals surface area contributed by atoms with Gasteiger partial charge in [0.1, 0.15) is 18.3 Å². The number of ether oxygens (including phenoxy) is 1. The summed E-state index contributed by atoms with van der Waals surface area (Å²) < 4.78 is 5.75. The van der Waals surface area contributed by atoms with Gasteiger partial charge in [-0.2, -0.15) is 0 Å². The number of amides is 1. The first-order chi connectivity index (χ1) is 13.1. The molecule has 1 aliphatic rings. The van der Waals surface area contributed by atoms with E-state index in [4.69, 9.17) is 10.5 Å². The number of carbonyl (C=O) groups excluding carboxylic acids is 1. The van der Waals surface area contributed by atoms with Crippen molar-refractivity contribution in [1.82, 2.24) is 5.32 Å². The van der Waals surface area contributed by atoms with E-state index in [-0.39, 0.29) is 30.3 Å². The number of nitrogens with one attached hydrogen (secondary N) is 1. The minimum absolute atomic E-state index is 0. The molecule has 3 N–H and O–H groups in total. The van der Waals surface area contributed by atoms with Crippen molar-refractivity contribution in [2.45, 2.75) is 25.8 Å². The van der Waals surface area contributed by atoms with E-state index in [0.717, 1.165) is 22.3 Å². The Bertz CT molecular complexity index is 1020. The lowest BCUT2D eigenvalue weighted by Gasteiger charge is -2.20. The van der Waals surface area contributed by atoms with E-state index in [1.165, 1.54) is 16.5 Å². The Morgan fingerprint density at radius 2 is 1.82 bits per heavy atom.